The van der Waals surface area contributed by atoms with Crippen LogP contribution in [0.3, 0.4) is 0 Å². The SMILES string of the molecule is CCC(=O)c1cc2cc(Oc3ccccc3)ccc2o1. The summed E-state index contributed by atoms with van der Waals surface area (Å²) in [5.41, 5.74) is 0.696. The molecule has 0 aliphatic rings. The molecule has 3 rings (SSSR count). The number of ketones is 1. The number of fused-ring (bicyclic) bond motifs is 1. The summed E-state index contributed by atoms with van der Waals surface area (Å²) in [7, 11) is 0. The summed E-state index contributed by atoms with van der Waals surface area (Å²) in [6.45, 7) is 1.82. The Bertz CT molecular complexity index is 741. The van der Waals surface area contributed by atoms with Crippen molar-refractivity contribution in [1.29, 1.82) is 0 Å². The number of rotatable bonds is 4. The molecular weight excluding hydrogens is 252 g/mol. The van der Waals surface area contributed by atoms with Gasteiger partial charge >= 0.3 is 0 Å². The number of carbonyl (C=O) groups is 1. The fourth-order valence-corrected chi connectivity index (χ4v) is 2.02. The summed E-state index contributed by atoms with van der Waals surface area (Å²) < 4.78 is 11.3. The molecule has 0 aliphatic heterocycles. The van der Waals surface area contributed by atoms with Gasteiger partial charge < -0.3 is 9.15 Å². The summed E-state index contributed by atoms with van der Waals surface area (Å²) in [4.78, 5) is 11.6. The molecule has 0 saturated heterocycles. The van der Waals surface area contributed by atoms with Crippen molar-refractivity contribution in [3.8, 4) is 11.5 Å². The monoisotopic (exact) mass is 266 g/mol. The first-order chi connectivity index (χ1) is 9.76. The maximum Gasteiger partial charge on any atom is 0.197 e. The Labute approximate surface area is 116 Å². The molecule has 0 aliphatic carbocycles. The predicted molar refractivity (Wildman–Crippen MR) is 77.4 cm³/mol. The van der Waals surface area contributed by atoms with Gasteiger partial charge in [-0.2, -0.15) is 0 Å². The lowest BCUT2D eigenvalue weighted by Gasteiger charge is -2.04. The molecule has 1 heterocycles. The molecule has 1 aromatic heterocycles. The molecule has 0 fully saturated rings. The molecule has 0 amide bonds. The van der Waals surface area contributed by atoms with E-state index in [0.717, 1.165) is 16.9 Å². The number of furan rings is 1. The third-order valence-corrected chi connectivity index (χ3v) is 3.06. The van der Waals surface area contributed by atoms with E-state index in [1.54, 1.807) is 6.07 Å². The standard InChI is InChI=1S/C17H14O3/c1-2-15(18)17-11-12-10-14(8-9-16(12)20-17)19-13-6-4-3-5-7-13/h3-11H,2H2,1H3. The Morgan fingerprint density at radius 2 is 1.85 bits per heavy atom. The summed E-state index contributed by atoms with van der Waals surface area (Å²) in [5, 5.41) is 0.871. The third kappa shape index (κ3) is 2.43. The molecule has 2 aromatic carbocycles. The molecule has 0 unspecified atom stereocenters. The Morgan fingerprint density at radius 1 is 1.05 bits per heavy atom. The molecular formula is C17H14O3. The van der Waals surface area contributed by atoms with Crippen LogP contribution in [0.4, 0.5) is 0 Å². The van der Waals surface area contributed by atoms with E-state index < -0.39 is 0 Å². The molecule has 0 radical (unpaired) electrons. The van der Waals surface area contributed by atoms with Crippen molar-refractivity contribution in [2.45, 2.75) is 13.3 Å². The van der Waals surface area contributed by atoms with Crippen molar-refractivity contribution in [2.24, 2.45) is 0 Å². The van der Waals surface area contributed by atoms with E-state index >= 15 is 0 Å². The van der Waals surface area contributed by atoms with Crippen LogP contribution in [0.5, 0.6) is 11.5 Å². The molecule has 0 spiro atoms. The van der Waals surface area contributed by atoms with Crippen molar-refractivity contribution in [3.63, 3.8) is 0 Å². The van der Waals surface area contributed by atoms with Gasteiger partial charge in [-0.05, 0) is 36.4 Å². The van der Waals surface area contributed by atoms with Crippen LogP contribution < -0.4 is 4.74 Å². The van der Waals surface area contributed by atoms with E-state index in [2.05, 4.69) is 0 Å². The van der Waals surface area contributed by atoms with E-state index in [9.17, 15) is 4.79 Å². The fraction of sp³-hybridized carbons (Fsp3) is 0.118. The lowest BCUT2D eigenvalue weighted by Crippen LogP contribution is -1.92. The number of Topliss-reactive ketones (excluding diaryl/α,β-unsaturated/α-hetero) is 1. The second-order valence-electron chi connectivity index (χ2n) is 4.50. The van der Waals surface area contributed by atoms with Crippen LogP contribution >= 0.6 is 0 Å². The Kier molecular flexibility index (Phi) is 3.25. The minimum Gasteiger partial charge on any atom is -0.457 e. The van der Waals surface area contributed by atoms with Gasteiger partial charge in [0.05, 0.1) is 0 Å². The van der Waals surface area contributed by atoms with Crippen LogP contribution in [0.1, 0.15) is 23.9 Å². The fourth-order valence-electron chi connectivity index (χ4n) is 2.02. The van der Waals surface area contributed by atoms with E-state index in [-0.39, 0.29) is 5.78 Å². The first-order valence-corrected chi connectivity index (χ1v) is 6.56. The minimum atomic E-state index is 0.00623. The van der Waals surface area contributed by atoms with Crippen LogP contribution in [0.15, 0.2) is 59.0 Å². The molecule has 3 aromatic rings. The lowest BCUT2D eigenvalue weighted by molar-refractivity contribution is 0.0963. The van der Waals surface area contributed by atoms with Gasteiger partial charge in [0.1, 0.15) is 17.1 Å². The average molecular weight is 266 g/mol. The maximum atomic E-state index is 11.6. The smallest absolute Gasteiger partial charge is 0.197 e. The average Bonchev–Trinajstić information content (AvgIpc) is 2.90. The molecule has 3 nitrogen and oxygen atoms in total. The van der Waals surface area contributed by atoms with E-state index in [0.29, 0.717) is 17.8 Å². The van der Waals surface area contributed by atoms with Gasteiger partial charge in [0, 0.05) is 11.8 Å². The highest BCUT2D eigenvalue weighted by Gasteiger charge is 2.11. The van der Waals surface area contributed by atoms with Gasteiger partial charge in [0.15, 0.2) is 11.5 Å². The first kappa shape index (κ1) is 12.5. The zero-order chi connectivity index (χ0) is 13.9. The molecule has 100 valence electrons. The molecule has 0 N–H and O–H groups in total. The second-order valence-corrected chi connectivity index (χ2v) is 4.50. The minimum absolute atomic E-state index is 0.00623. The van der Waals surface area contributed by atoms with Crippen molar-refractivity contribution in [2.75, 3.05) is 0 Å². The number of hydrogen-bond donors (Lipinski definition) is 0. The topological polar surface area (TPSA) is 39.4 Å². The molecule has 0 atom stereocenters. The van der Waals surface area contributed by atoms with E-state index in [1.165, 1.54) is 0 Å². The van der Waals surface area contributed by atoms with E-state index in [4.69, 9.17) is 9.15 Å². The summed E-state index contributed by atoms with van der Waals surface area (Å²) >= 11 is 0. The Balaban J connectivity index is 1.92. The summed E-state index contributed by atoms with van der Waals surface area (Å²) in [6, 6.07) is 16.9. The Morgan fingerprint density at radius 3 is 2.60 bits per heavy atom. The summed E-state index contributed by atoms with van der Waals surface area (Å²) in [5.74, 6) is 1.91. The van der Waals surface area contributed by atoms with Crippen LogP contribution in [0.25, 0.3) is 11.0 Å². The van der Waals surface area contributed by atoms with Crippen LogP contribution in [-0.4, -0.2) is 5.78 Å². The predicted octanol–water partition coefficient (Wildman–Crippen LogP) is 4.82. The highest BCUT2D eigenvalue weighted by Crippen LogP contribution is 2.28. The van der Waals surface area contributed by atoms with Gasteiger partial charge in [-0.3, -0.25) is 4.79 Å². The second kappa shape index (κ2) is 5.21. The van der Waals surface area contributed by atoms with Gasteiger partial charge in [-0.1, -0.05) is 25.1 Å². The molecule has 20 heavy (non-hydrogen) atoms. The van der Waals surface area contributed by atoms with Crippen molar-refractivity contribution >= 4 is 16.8 Å². The number of benzene rings is 2. The lowest BCUT2D eigenvalue weighted by atomic mass is 10.2. The quantitative estimate of drug-likeness (QED) is 0.636. The summed E-state index contributed by atoms with van der Waals surface area (Å²) in [6.07, 6.45) is 0.438. The van der Waals surface area contributed by atoms with E-state index in [1.807, 2.05) is 55.5 Å². The number of para-hydroxylation sites is 1. The highest BCUT2D eigenvalue weighted by molar-refractivity contribution is 5.97. The largest absolute Gasteiger partial charge is 0.457 e. The number of carbonyl (C=O) groups excluding carboxylic acids is 1. The van der Waals surface area contributed by atoms with Gasteiger partial charge in [-0.15, -0.1) is 0 Å². The molecule has 0 saturated carbocycles. The van der Waals surface area contributed by atoms with Crippen LogP contribution in [-0.2, 0) is 0 Å². The first-order valence-electron chi connectivity index (χ1n) is 6.56. The molecule has 3 heteroatoms. The van der Waals surface area contributed by atoms with Gasteiger partial charge in [0.2, 0.25) is 0 Å². The molecule has 0 bridgehead atoms. The highest BCUT2D eigenvalue weighted by atomic mass is 16.5. The van der Waals surface area contributed by atoms with Gasteiger partial charge in [-0.25, -0.2) is 0 Å². The van der Waals surface area contributed by atoms with Crippen molar-refractivity contribution < 1.29 is 13.9 Å². The zero-order valence-electron chi connectivity index (χ0n) is 11.1. The van der Waals surface area contributed by atoms with Crippen molar-refractivity contribution in [3.05, 3.63) is 60.4 Å². The van der Waals surface area contributed by atoms with Gasteiger partial charge in [0.25, 0.3) is 0 Å². The maximum absolute atomic E-state index is 11.6. The normalized spacial score (nSPS) is 10.7. The third-order valence-electron chi connectivity index (χ3n) is 3.06. The van der Waals surface area contributed by atoms with Crippen molar-refractivity contribution in [1.82, 2.24) is 0 Å². The number of hydrogen-bond acceptors (Lipinski definition) is 3. The Hall–Kier alpha value is -2.55. The van der Waals surface area contributed by atoms with Crippen LogP contribution in [0, 0.1) is 0 Å². The number of ether oxygens (including phenoxy) is 1. The van der Waals surface area contributed by atoms with Crippen LogP contribution in [0.2, 0.25) is 0 Å². The zero-order valence-corrected chi connectivity index (χ0v) is 11.1.